The Morgan fingerprint density at radius 1 is 1.38 bits per heavy atom. The van der Waals surface area contributed by atoms with E-state index in [-0.39, 0.29) is 6.10 Å². The number of ether oxygens (including phenoxy) is 2. The van der Waals surface area contributed by atoms with Crippen LogP contribution in [0.4, 0.5) is 5.82 Å². The van der Waals surface area contributed by atoms with Gasteiger partial charge in [-0.05, 0) is 12.1 Å². The molecule has 0 spiro atoms. The fourth-order valence-electron chi connectivity index (χ4n) is 1.18. The van der Waals surface area contributed by atoms with Gasteiger partial charge < -0.3 is 20.5 Å². The number of rotatable bonds is 7. The van der Waals surface area contributed by atoms with Gasteiger partial charge in [0.1, 0.15) is 5.82 Å². The number of hydrogen-bond acceptors (Lipinski definition) is 6. The van der Waals surface area contributed by atoms with E-state index in [1.54, 1.807) is 14.2 Å². The van der Waals surface area contributed by atoms with Crippen LogP contribution in [0.15, 0.2) is 12.1 Å². The molecular formula is C10H18N4O2. The van der Waals surface area contributed by atoms with Crippen molar-refractivity contribution in [2.45, 2.75) is 12.6 Å². The molecule has 1 unspecified atom stereocenters. The molecule has 16 heavy (non-hydrogen) atoms. The van der Waals surface area contributed by atoms with E-state index in [9.17, 15) is 0 Å². The van der Waals surface area contributed by atoms with Gasteiger partial charge in [-0.3, -0.25) is 0 Å². The quantitative estimate of drug-likeness (QED) is 0.681. The molecule has 0 amide bonds. The minimum atomic E-state index is 0.000912. The van der Waals surface area contributed by atoms with Crippen molar-refractivity contribution in [1.82, 2.24) is 10.2 Å². The number of aromatic nitrogens is 2. The van der Waals surface area contributed by atoms with Crippen molar-refractivity contribution in [3.8, 4) is 0 Å². The van der Waals surface area contributed by atoms with Gasteiger partial charge in [-0.2, -0.15) is 5.10 Å². The lowest BCUT2D eigenvalue weighted by Crippen LogP contribution is -2.27. The lowest BCUT2D eigenvalue weighted by atomic mass is 10.3. The normalized spacial score (nSPS) is 12.4. The Morgan fingerprint density at radius 2 is 2.19 bits per heavy atom. The Bertz CT molecular complexity index is 291. The highest BCUT2D eigenvalue weighted by Gasteiger charge is 2.06. The summed E-state index contributed by atoms with van der Waals surface area (Å²) in [4.78, 5) is 0. The van der Waals surface area contributed by atoms with E-state index in [4.69, 9.17) is 15.2 Å². The predicted molar refractivity (Wildman–Crippen MR) is 61.1 cm³/mol. The molecule has 0 saturated carbocycles. The van der Waals surface area contributed by atoms with Crippen molar-refractivity contribution in [3.05, 3.63) is 17.8 Å². The Kier molecular flexibility index (Phi) is 5.69. The van der Waals surface area contributed by atoms with E-state index in [1.807, 2.05) is 12.1 Å². The second kappa shape index (κ2) is 7.10. The minimum Gasteiger partial charge on any atom is -0.382 e. The number of anilines is 1. The van der Waals surface area contributed by atoms with Crippen LogP contribution in [0.25, 0.3) is 0 Å². The highest BCUT2D eigenvalue weighted by molar-refractivity contribution is 5.32. The molecule has 90 valence electrons. The number of nitrogens with two attached hydrogens (primary N) is 1. The monoisotopic (exact) mass is 226 g/mol. The van der Waals surface area contributed by atoms with E-state index in [0.29, 0.717) is 25.5 Å². The first-order valence-corrected chi connectivity index (χ1v) is 5.08. The Balaban J connectivity index is 2.40. The van der Waals surface area contributed by atoms with E-state index in [0.717, 1.165) is 5.69 Å². The zero-order chi connectivity index (χ0) is 11.8. The summed E-state index contributed by atoms with van der Waals surface area (Å²) in [6.45, 7) is 1.57. The fourth-order valence-corrected chi connectivity index (χ4v) is 1.18. The van der Waals surface area contributed by atoms with Crippen LogP contribution in [0.1, 0.15) is 5.69 Å². The van der Waals surface area contributed by atoms with Gasteiger partial charge in [-0.15, -0.1) is 5.10 Å². The van der Waals surface area contributed by atoms with E-state index < -0.39 is 0 Å². The van der Waals surface area contributed by atoms with Crippen LogP contribution in [-0.4, -0.2) is 43.7 Å². The summed E-state index contributed by atoms with van der Waals surface area (Å²) in [7, 11) is 3.29. The SMILES string of the molecule is COCC(CNc1ccc(CN)nn1)OC. The van der Waals surface area contributed by atoms with Gasteiger partial charge in [0.15, 0.2) is 0 Å². The molecule has 1 rings (SSSR count). The van der Waals surface area contributed by atoms with Crippen molar-refractivity contribution in [2.75, 3.05) is 32.7 Å². The maximum Gasteiger partial charge on any atom is 0.148 e. The highest BCUT2D eigenvalue weighted by Crippen LogP contribution is 2.02. The molecule has 0 saturated heterocycles. The lowest BCUT2D eigenvalue weighted by Gasteiger charge is -2.14. The third-order valence-corrected chi connectivity index (χ3v) is 2.13. The molecule has 6 nitrogen and oxygen atoms in total. The average molecular weight is 226 g/mol. The molecule has 1 aromatic heterocycles. The number of nitrogens with zero attached hydrogens (tertiary/aromatic N) is 2. The fraction of sp³-hybridized carbons (Fsp3) is 0.600. The molecular weight excluding hydrogens is 208 g/mol. The summed E-state index contributed by atoms with van der Waals surface area (Å²) in [5, 5.41) is 11.0. The topological polar surface area (TPSA) is 82.3 Å². The van der Waals surface area contributed by atoms with Crippen LogP contribution in [0, 0.1) is 0 Å². The highest BCUT2D eigenvalue weighted by atomic mass is 16.5. The summed E-state index contributed by atoms with van der Waals surface area (Å²) < 4.78 is 10.2. The van der Waals surface area contributed by atoms with Crippen molar-refractivity contribution in [2.24, 2.45) is 5.73 Å². The first-order valence-electron chi connectivity index (χ1n) is 5.08. The molecule has 1 aromatic rings. The number of hydrogen-bond donors (Lipinski definition) is 2. The summed E-state index contributed by atoms with van der Waals surface area (Å²) in [6, 6.07) is 3.68. The van der Waals surface area contributed by atoms with Gasteiger partial charge in [0.25, 0.3) is 0 Å². The van der Waals surface area contributed by atoms with Gasteiger partial charge in [0.05, 0.1) is 18.4 Å². The first-order chi connectivity index (χ1) is 7.80. The summed E-state index contributed by atoms with van der Waals surface area (Å²) in [5.41, 5.74) is 6.19. The molecule has 0 aromatic carbocycles. The smallest absolute Gasteiger partial charge is 0.148 e. The van der Waals surface area contributed by atoms with Crippen molar-refractivity contribution in [3.63, 3.8) is 0 Å². The van der Waals surface area contributed by atoms with Gasteiger partial charge in [-0.25, -0.2) is 0 Å². The van der Waals surface area contributed by atoms with Crippen molar-refractivity contribution >= 4 is 5.82 Å². The Labute approximate surface area is 95.1 Å². The maximum absolute atomic E-state index is 5.42. The van der Waals surface area contributed by atoms with Crippen LogP contribution in [0.5, 0.6) is 0 Å². The zero-order valence-corrected chi connectivity index (χ0v) is 9.64. The van der Waals surface area contributed by atoms with E-state index >= 15 is 0 Å². The van der Waals surface area contributed by atoms with Gasteiger partial charge in [0, 0.05) is 27.3 Å². The molecule has 1 atom stereocenters. The molecule has 0 aliphatic heterocycles. The molecule has 1 heterocycles. The third kappa shape index (κ3) is 4.09. The Morgan fingerprint density at radius 3 is 2.69 bits per heavy atom. The first kappa shape index (κ1) is 12.8. The van der Waals surface area contributed by atoms with Crippen LogP contribution in [0.2, 0.25) is 0 Å². The largest absolute Gasteiger partial charge is 0.382 e. The number of nitrogens with one attached hydrogen (secondary N) is 1. The standard InChI is InChI=1S/C10H18N4O2/c1-15-7-9(16-2)6-12-10-4-3-8(5-11)13-14-10/h3-4,9H,5-7,11H2,1-2H3,(H,12,14). The molecule has 6 heteroatoms. The second-order valence-electron chi connectivity index (χ2n) is 3.31. The number of methoxy groups -OCH3 is 2. The van der Waals surface area contributed by atoms with Crippen LogP contribution in [0.3, 0.4) is 0 Å². The molecule has 0 aliphatic carbocycles. The summed E-state index contributed by atoms with van der Waals surface area (Å²) >= 11 is 0. The third-order valence-electron chi connectivity index (χ3n) is 2.13. The predicted octanol–water partition coefficient (Wildman–Crippen LogP) is 0.00860. The minimum absolute atomic E-state index is 0.000912. The van der Waals surface area contributed by atoms with E-state index in [1.165, 1.54) is 0 Å². The van der Waals surface area contributed by atoms with Gasteiger partial charge >= 0.3 is 0 Å². The van der Waals surface area contributed by atoms with Crippen molar-refractivity contribution in [1.29, 1.82) is 0 Å². The van der Waals surface area contributed by atoms with E-state index in [2.05, 4.69) is 15.5 Å². The van der Waals surface area contributed by atoms with Gasteiger partial charge in [-0.1, -0.05) is 0 Å². The molecule has 0 aliphatic rings. The summed E-state index contributed by atoms with van der Waals surface area (Å²) in [5.74, 6) is 0.704. The lowest BCUT2D eigenvalue weighted by molar-refractivity contribution is 0.0365. The maximum atomic E-state index is 5.42. The van der Waals surface area contributed by atoms with Crippen LogP contribution in [-0.2, 0) is 16.0 Å². The molecule has 0 radical (unpaired) electrons. The van der Waals surface area contributed by atoms with Crippen LogP contribution < -0.4 is 11.1 Å². The molecule has 3 N–H and O–H groups in total. The zero-order valence-electron chi connectivity index (χ0n) is 9.64. The second-order valence-corrected chi connectivity index (χ2v) is 3.31. The molecule has 0 bridgehead atoms. The van der Waals surface area contributed by atoms with Gasteiger partial charge in [0.2, 0.25) is 0 Å². The summed E-state index contributed by atoms with van der Waals surface area (Å²) in [6.07, 6.45) is 0.000912. The Hall–Kier alpha value is -1.24. The molecule has 0 fully saturated rings. The average Bonchev–Trinajstić information content (AvgIpc) is 2.35. The van der Waals surface area contributed by atoms with Crippen LogP contribution >= 0.6 is 0 Å². The van der Waals surface area contributed by atoms with Crippen molar-refractivity contribution < 1.29 is 9.47 Å².